The van der Waals surface area contributed by atoms with Crippen LogP contribution in [0.5, 0.6) is 11.5 Å². The summed E-state index contributed by atoms with van der Waals surface area (Å²) < 4.78 is 10.3. The molecule has 5 heteroatoms. The molecule has 5 nitrogen and oxygen atoms in total. The van der Waals surface area contributed by atoms with Crippen molar-refractivity contribution in [3.8, 4) is 17.6 Å². The molecule has 0 spiro atoms. The Morgan fingerprint density at radius 2 is 2.00 bits per heavy atom. The van der Waals surface area contributed by atoms with Crippen molar-refractivity contribution in [2.75, 3.05) is 12.8 Å². The molecule has 0 aliphatic carbocycles. The van der Waals surface area contributed by atoms with Crippen molar-refractivity contribution in [1.29, 1.82) is 5.26 Å². The van der Waals surface area contributed by atoms with Crippen LogP contribution in [0.3, 0.4) is 0 Å². The van der Waals surface area contributed by atoms with Crippen molar-refractivity contribution < 1.29 is 14.3 Å². The minimum Gasteiger partial charge on any atom is -0.465 e. The number of carbonyl (C=O) groups excluding carboxylic acids is 1. The Morgan fingerprint density at radius 1 is 1.25 bits per heavy atom. The van der Waals surface area contributed by atoms with Gasteiger partial charge in [0.1, 0.15) is 11.3 Å². The Kier molecular flexibility index (Phi) is 3.87. The van der Waals surface area contributed by atoms with E-state index >= 15 is 0 Å². The molecule has 0 bridgehead atoms. The number of carbonyl (C=O) groups is 1. The topological polar surface area (TPSA) is 85.3 Å². The van der Waals surface area contributed by atoms with Gasteiger partial charge in [0.25, 0.3) is 0 Å². The quantitative estimate of drug-likeness (QED) is 0.683. The standard InChI is InChI=1S/C15H12N2O3/c1-19-15(18)12-6-3-7-13(17)14(12)20-11-5-2-4-10(8-11)9-16/h2-8H,17H2,1H3. The van der Waals surface area contributed by atoms with Gasteiger partial charge in [0.05, 0.1) is 24.4 Å². The molecule has 2 N–H and O–H groups in total. The molecule has 0 saturated carbocycles. The highest BCUT2D eigenvalue weighted by Gasteiger charge is 2.16. The molecule has 0 aliphatic rings. The molecular formula is C15H12N2O3. The number of nitrogen functional groups attached to an aromatic ring is 1. The van der Waals surface area contributed by atoms with Gasteiger partial charge in [0.2, 0.25) is 0 Å². The van der Waals surface area contributed by atoms with Gasteiger partial charge in [0.15, 0.2) is 5.75 Å². The third-order valence-electron chi connectivity index (χ3n) is 2.63. The summed E-state index contributed by atoms with van der Waals surface area (Å²) in [6.07, 6.45) is 0. The number of nitrogens with two attached hydrogens (primary N) is 1. The van der Waals surface area contributed by atoms with Crippen molar-refractivity contribution in [1.82, 2.24) is 0 Å². The number of hydrogen-bond donors (Lipinski definition) is 1. The summed E-state index contributed by atoms with van der Waals surface area (Å²) in [5.41, 5.74) is 6.84. The average molecular weight is 268 g/mol. The molecule has 0 heterocycles. The van der Waals surface area contributed by atoms with Crippen molar-refractivity contribution in [3.63, 3.8) is 0 Å². The number of nitriles is 1. The molecule has 0 aliphatic heterocycles. The molecule has 0 radical (unpaired) electrons. The molecule has 2 rings (SSSR count). The first kappa shape index (κ1) is 13.4. The van der Waals surface area contributed by atoms with Crippen LogP contribution in [-0.4, -0.2) is 13.1 Å². The zero-order valence-corrected chi connectivity index (χ0v) is 10.8. The lowest BCUT2D eigenvalue weighted by Gasteiger charge is -2.12. The largest absolute Gasteiger partial charge is 0.465 e. The number of hydrogen-bond acceptors (Lipinski definition) is 5. The molecule has 0 fully saturated rings. The summed E-state index contributed by atoms with van der Waals surface area (Å²) in [5, 5.41) is 8.86. The van der Waals surface area contributed by atoms with E-state index in [0.717, 1.165) is 0 Å². The van der Waals surface area contributed by atoms with Gasteiger partial charge in [-0.15, -0.1) is 0 Å². The van der Waals surface area contributed by atoms with Gasteiger partial charge in [-0.2, -0.15) is 5.26 Å². The molecule has 0 atom stereocenters. The Labute approximate surface area is 116 Å². The van der Waals surface area contributed by atoms with E-state index in [1.165, 1.54) is 7.11 Å². The number of benzene rings is 2. The van der Waals surface area contributed by atoms with Crippen LogP contribution < -0.4 is 10.5 Å². The van der Waals surface area contributed by atoms with Gasteiger partial charge in [-0.3, -0.25) is 0 Å². The number of anilines is 1. The summed E-state index contributed by atoms with van der Waals surface area (Å²) in [6, 6.07) is 13.4. The molecule has 2 aromatic carbocycles. The second-order valence-corrected chi connectivity index (χ2v) is 3.96. The highest BCUT2D eigenvalue weighted by molar-refractivity contribution is 5.94. The number of rotatable bonds is 3. The van der Waals surface area contributed by atoms with Crippen LogP contribution in [-0.2, 0) is 4.74 Å². The Bertz CT molecular complexity index is 690. The van der Waals surface area contributed by atoms with Crippen LogP contribution >= 0.6 is 0 Å². The lowest BCUT2D eigenvalue weighted by atomic mass is 10.1. The molecule has 0 aromatic heterocycles. The molecule has 0 amide bonds. The van der Waals surface area contributed by atoms with Crippen LogP contribution in [0.15, 0.2) is 42.5 Å². The molecule has 0 unspecified atom stereocenters. The van der Waals surface area contributed by atoms with E-state index in [1.54, 1.807) is 42.5 Å². The summed E-state index contributed by atoms with van der Waals surface area (Å²) in [7, 11) is 1.28. The zero-order valence-electron chi connectivity index (χ0n) is 10.8. The molecule has 20 heavy (non-hydrogen) atoms. The maximum Gasteiger partial charge on any atom is 0.341 e. The number of methoxy groups -OCH3 is 1. The zero-order chi connectivity index (χ0) is 14.5. The Hall–Kier alpha value is -3.00. The van der Waals surface area contributed by atoms with E-state index in [2.05, 4.69) is 4.74 Å². The SMILES string of the molecule is COC(=O)c1cccc(N)c1Oc1cccc(C#N)c1. The van der Waals surface area contributed by atoms with Gasteiger partial charge in [0, 0.05) is 0 Å². The van der Waals surface area contributed by atoms with Crippen LogP contribution in [0.4, 0.5) is 5.69 Å². The summed E-state index contributed by atoms with van der Waals surface area (Å²) in [5.74, 6) is 0.102. The van der Waals surface area contributed by atoms with Gasteiger partial charge < -0.3 is 15.2 Å². The highest BCUT2D eigenvalue weighted by atomic mass is 16.5. The van der Waals surface area contributed by atoms with Gasteiger partial charge in [-0.25, -0.2) is 4.79 Å². The first-order chi connectivity index (χ1) is 9.65. The van der Waals surface area contributed by atoms with Crippen LogP contribution in [0.25, 0.3) is 0 Å². The minimum absolute atomic E-state index is 0.217. The molecule has 0 saturated heterocycles. The fourth-order valence-electron chi connectivity index (χ4n) is 1.69. The first-order valence-corrected chi connectivity index (χ1v) is 5.80. The van der Waals surface area contributed by atoms with E-state index in [1.807, 2.05) is 6.07 Å². The third kappa shape index (κ3) is 2.70. The van der Waals surface area contributed by atoms with Gasteiger partial charge in [-0.1, -0.05) is 12.1 Å². The maximum atomic E-state index is 11.7. The number of esters is 1. The van der Waals surface area contributed by atoms with Crippen molar-refractivity contribution in [2.24, 2.45) is 0 Å². The van der Waals surface area contributed by atoms with E-state index < -0.39 is 5.97 Å². The van der Waals surface area contributed by atoms with Crippen LogP contribution in [0.1, 0.15) is 15.9 Å². The molecule has 2 aromatic rings. The van der Waals surface area contributed by atoms with Crippen molar-refractivity contribution in [3.05, 3.63) is 53.6 Å². The van der Waals surface area contributed by atoms with Crippen LogP contribution in [0.2, 0.25) is 0 Å². The summed E-state index contributed by atoms with van der Waals surface area (Å²) in [4.78, 5) is 11.7. The summed E-state index contributed by atoms with van der Waals surface area (Å²) in [6.45, 7) is 0. The predicted octanol–water partition coefficient (Wildman–Crippen LogP) is 2.72. The van der Waals surface area contributed by atoms with Gasteiger partial charge in [-0.05, 0) is 30.3 Å². The number of para-hydroxylation sites is 1. The molecule has 100 valence electrons. The number of ether oxygens (including phenoxy) is 2. The van der Waals surface area contributed by atoms with Crippen molar-refractivity contribution in [2.45, 2.75) is 0 Å². The van der Waals surface area contributed by atoms with Crippen LogP contribution in [0, 0.1) is 11.3 Å². The first-order valence-electron chi connectivity index (χ1n) is 5.80. The average Bonchev–Trinajstić information content (AvgIpc) is 2.48. The van der Waals surface area contributed by atoms with E-state index in [-0.39, 0.29) is 11.3 Å². The second kappa shape index (κ2) is 5.76. The maximum absolute atomic E-state index is 11.7. The lowest BCUT2D eigenvalue weighted by molar-refractivity contribution is 0.0598. The second-order valence-electron chi connectivity index (χ2n) is 3.96. The predicted molar refractivity (Wildman–Crippen MR) is 73.4 cm³/mol. The smallest absolute Gasteiger partial charge is 0.341 e. The third-order valence-corrected chi connectivity index (χ3v) is 2.63. The van der Waals surface area contributed by atoms with E-state index in [9.17, 15) is 4.79 Å². The Morgan fingerprint density at radius 3 is 2.70 bits per heavy atom. The molecular weight excluding hydrogens is 256 g/mol. The number of nitrogens with zero attached hydrogens (tertiary/aromatic N) is 1. The fourth-order valence-corrected chi connectivity index (χ4v) is 1.69. The van der Waals surface area contributed by atoms with Gasteiger partial charge >= 0.3 is 5.97 Å². The van der Waals surface area contributed by atoms with Crippen molar-refractivity contribution >= 4 is 11.7 Å². The lowest BCUT2D eigenvalue weighted by Crippen LogP contribution is -2.05. The Balaban J connectivity index is 2.42. The van der Waals surface area contributed by atoms with E-state index in [0.29, 0.717) is 17.0 Å². The summed E-state index contributed by atoms with van der Waals surface area (Å²) >= 11 is 0. The minimum atomic E-state index is -0.538. The highest BCUT2D eigenvalue weighted by Crippen LogP contribution is 2.32. The normalized spacial score (nSPS) is 9.60. The monoisotopic (exact) mass is 268 g/mol. The van der Waals surface area contributed by atoms with E-state index in [4.69, 9.17) is 15.7 Å². The fraction of sp³-hybridized carbons (Fsp3) is 0.0667.